The van der Waals surface area contributed by atoms with Crippen molar-refractivity contribution in [3.63, 3.8) is 0 Å². The molecule has 0 bridgehead atoms. The van der Waals surface area contributed by atoms with Crippen LogP contribution in [0, 0.1) is 5.41 Å². The van der Waals surface area contributed by atoms with Crippen molar-refractivity contribution in [1.82, 2.24) is 10.6 Å². The normalized spacial score (nSPS) is 24.3. The Bertz CT molecular complexity index is 283. The summed E-state index contributed by atoms with van der Waals surface area (Å²) in [5.74, 6) is 0. The van der Waals surface area contributed by atoms with Crippen LogP contribution in [0.25, 0.3) is 0 Å². The van der Waals surface area contributed by atoms with E-state index in [1.54, 1.807) is 0 Å². The number of nitrogens with one attached hydrogen (secondary N) is 2. The minimum atomic E-state index is -0.419. The molecular formula is C14H28N2O2. The topological polar surface area (TPSA) is 50.4 Å². The van der Waals surface area contributed by atoms with Gasteiger partial charge in [0.2, 0.25) is 0 Å². The first-order valence-corrected chi connectivity index (χ1v) is 6.78. The van der Waals surface area contributed by atoms with Gasteiger partial charge in [-0.15, -0.1) is 0 Å². The van der Waals surface area contributed by atoms with Crippen LogP contribution in [0.3, 0.4) is 0 Å². The molecule has 1 aliphatic carbocycles. The minimum absolute atomic E-state index is 0.261. The summed E-state index contributed by atoms with van der Waals surface area (Å²) < 4.78 is 5.22. The number of rotatable bonds is 3. The molecule has 0 aromatic heterocycles. The molecule has 18 heavy (non-hydrogen) atoms. The molecule has 0 spiro atoms. The molecule has 0 unspecified atom stereocenters. The highest BCUT2D eigenvalue weighted by molar-refractivity contribution is 5.68. The van der Waals surface area contributed by atoms with Crippen LogP contribution in [0.2, 0.25) is 0 Å². The fraction of sp³-hybridized carbons (Fsp3) is 0.929. The maximum atomic E-state index is 11.5. The Morgan fingerprint density at radius 1 is 1.11 bits per heavy atom. The molecule has 4 nitrogen and oxygen atoms in total. The van der Waals surface area contributed by atoms with Crippen LogP contribution in [-0.4, -0.2) is 30.3 Å². The lowest BCUT2D eigenvalue weighted by atomic mass is 9.85. The van der Waals surface area contributed by atoms with Crippen molar-refractivity contribution in [3.8, 4) is 0 Å². The van der Waals surface area contributed by atoms with Crippen molar-refractivity contribution in [2.45, 2.75) is 72.1 Å². The molecule has 0 aromatic carbocycles. The standard InChI is InChI=1S/C14H28N2O2/c1-13(2,3)9-15-10-7-11(8-10)16-12(17)18-14(4,5)6/h10-11,15H,7-9H2,1-6H3,(H,16,17). The molecule has 0 aliphatic heterocycles. The predicted octanol–water partition coefficient (Wildman–Crippen LogP) is 2.68. The SMILES string of the molecule is CC(C)(C)CNC1CC(NC(=O)OC(C)(C)C)C1. The van der Waals surface area contributed by atoms with Crippen LogP contribution in [0.4, 0.5) is 4.79 Å². The second kappa shape index (κ2) is 5.47. The number of hydrogen-bond acceptors (Lipinski definition) is 3. The van der Waals surface area contributed by atoms with E-state index in [0.717, 1.165) is 19.4 Å². The molecule has 1 saturated carbocycles. The van der Waals surface area contributed by atoms with Gasteiger partial charge in [0.1, 0.15) is 5.60 Å². The summed E-state index contributed by atoms with van der Waals surface area (Å²) in [6.45, 7) is 13.3. The largest absolute Gasteiger partial charge is 0.444 e. The van der Waals surface area contributed by atoms with Crippen molar-refractivity contribution < 1.29 is 9.53 Å². The predicted molar refractivity (Wildman–Crippen MR) is 73.6 cm³/mol. The van der Waals surface area contributed by atoms with Crippen molar-refractivity contribution in [1.29, 1.82) is 0 Å². The van der Waals surface area contributed by atoms with Gasteiger partial charge in [0, 0.05) is 18.6 Å². The average Bonchev–Trinajstić information content (AvgIpc) is 2.03. The van der Waals surface area contributed by atoms with E-state index in [1.807, 2.05) is 20.8 Å². The molecule has 1 amide bonds. The Hall–Kier alpha value is -0.770. The van der Waals surface area contributed by atoms with Crippen LogP contribution in [0.1, 0.15) is 54.4 Å². The second-order valence-electron chi connectivity index (χ2n) is 7.45. The van der Waals surface area contributed by atoms with Gasteiger partial charge in [0.05, 0.1) is 0 Å². The highest BCUT2D eigenvalue weighted by Crippen LogP contribution is 2.22. The first-order valence-electron chi connectivity index (χ1n) is 6.78. The Labute approximate surface area is 111 Å². The van der Waals surface area contributed by atoms with Crippen molar-refractivity contribution in [3.05, 3.63) is 0 Å². The second-order valence-corrected chi connectivity index (χ2v) is 7.45. The highest BCUT2D eigenvalue weighted by Gasteiger charge is 2.31. The van der Waals surface area contributed by atoms with E-state index >= 15 is 0 Å². The van der Waals surface area contributed by atoms with Crippen LogP contribution < -0.4 is 10.6 Å². The third-order valence-corrected chi connectivity index (χ3v) is 2.78. The quantitative estimate of drug-likeness (QED) is 0.816. The molecule has 0 atom stereocenters. The Kier molecular flexibility index (Phi) is 4.65. The Morgan fingerprint density at radius 3 is 2.11 bits per heavy atom. The molecular weight excluding hydrogens is 228 g/mol. The number of ether oxygens (including phenoxy) is 1. The smallest absolute Gasteiger partial charge is 0.407 e. The summed E-state index contributed by atoms with van der Waals surface area (Å²) in [5, 5.41) is 6.42. The van der Waals surface area contributed by atoms with E-state index < -0.39 is 5.60 Å². The zero-order valence-electron chi connectivity index (χ0n) is 12.6. The van der Waals surface area contributed by atoms with E-state index in [9.17, 15) is 4.79 Å². The fourth-order valence-corrected chi connectivity index (χ4v) is 1.83. The van der Waals surface area contributed by atoms with E-state index in [2.05, 4.69) is 31.4 Å². The average molecular weight is 256 g/mol. The highest BCUT2D eigenvalue weighted by atomic mass is 16.6. The summed E-state index contributed by atoms with van der Waals surface area (Å²) in [7, 11) is 0. The molecule has 1 aliphatic rings. The fourth-order valence-electron chi connectivity index (χ4n) is 1.83. The Balaban J connectivity index is 2.14. The third-order valence-electron chi connectivity index (χ3n) is 2.78. The van der Waals surface area contributed by atoms with Gasteiger partial charge in [-0.2, -0.15) is 0 Å². The zero-order valence-corrected chi connectivity index (χ0v) is 12.6. The first-order chi connectivity index (χ1) is 8.05. The number of alkyl carbamates (subject to hydrolysis) is 1. The molecule has 2 N–H and O–H groups in total. The summed E-state index contributed by atoms with van der Waals surface area (Å²) >= 11 is 0. The minimum Gasteiger partial charge on any atom is -0.444 e. The summed E-state index contributed by atoms with van der Waals surface area (Å²) in [4.78, 5) is 11.5. The van der Waals surface area contributed by atoms with E-state index in [4.69, 9.17) is 4.74 Å². The van der Waals surface area contributed by atoms with Crippen LogP contribution in [0.5, 0.6) is 0 Å². The first kappa shape index (κ1) is 15.3. The Morgan fingerprint density at radius 2 is 1.67 bits per heavy atom. The number of carbonyl (C=O) groups excluding carboxylic acids is 1. The van der Waals surface area contributed by atoms with Crippen molar-refractivity contribution in [2.24, 2.45) is 5.41 Å². The molecule has 0 radical (unpaired) electrons. The molecule has 0 heterocycles. The van der Waals surface area contributed by atoms with Crippen molar-refractivity contribution in [2.75, 3.05) is 6.54 Å². The van der Waals surface area contributed by atoms with Gasteiger partial charge in [0.25, 0.3) is 0 Å². The third kappa shape index (κ3) is 6.24. The lowest BCUT2D eigenvalue weighted by Gasteiger charge is -2.38. The lowest BCUT2D eigenvalue weighted by molar-refractivity contribution is 0.0463. The summed E-state index contributed by atoms with van der Waals surface area (Å²) in [6, 6.07) is 0.793. The monoisotopic (exact) mass is 256 g/mol. The zero-order chi connectivity index (χ0) is 14.0. The molecule has 0 saturated heterocycles. The number of amides is 1. The maximum Gasteiger partial charge on any atom is 0.407 e. The van der Waals surface area contributed by atoms with Gasteiger partial charge in [-0.05, 0) is 39.0 Å². The van der Waals surface area contributed by atoms with Gasteiger partial charge in [-0.1, -0.05) is 20.8 Å². The number of carbonyl (C=O) groups is 1. The number of hydrogen-bond donors (Lipinski definition) is 2. The lowest BCUT2D eigenvalue weighted by Crippen LogP contribution is -2.54. The van der Waals surface area contributed by atoms with E-state index in [0.29, 0.717) is 11.5 Å². The van der Waals surface area contributed by atoms with Gasteiger partial charge < -0.3 is 15.4 Å². The molecule has 0 aromatic rings. The van der Waals surface area contributed by atoms with Gasteiger partial charge in [0.15, 0.2) is 0 Å². The van der Waals surface area contributed by atoms with Gasteiger partial charge in [-0.3, -0.25) is 0 Å². The van der Waals surface area contributed by atoms with E-state index in [1.165, 1.54) is 0 Å². The maximum absolute atomic E-state index is 11.5. The molecule has 4 heteroatoms. The van der Waals surface area contributed by atoms with E-state index in [-0.39, 0.29) is 12.1 Å². The van der Waals surface area contributed by atoms with Gasteiger partial charge >= 0.3 is 6.09 Å². The molecule has 1 rings (SSSR count). The molecule has 106 valence electrons. The van der Waals surface area contributed by atoms with Gasteiger partial charge in [-0.25, -0.2) is 4.79 Å². The van der Waals surface area contributed by atoms with Crippen LogP contribution >= 0.6 is 0 Å². The summed E-state index contributed by atoms with van der Waals surface area (Å²) in [6.07, 6.45) is 1.69. The summed E-state index contributed by atoms with van der Waals surface area (Å²) in [5.41, 5.74) is -0.110. The van der Waals surface area contributed by atoms with Crippen LogP contribution in [0.15, 0.2) is 0 Å². The molecule has 1 fully saturated rings. The van der Waals surface area contributed by atoms with Crippen LogP contribution in [-0.2, 0) is 4.74 Å². The van der Waals surface area contributed by atoms with Crippen molar-refractivity contribution >= 4 is 6.09 Å².